The lowest BCUT2D eigenvalue weighted by atomic mass is 10.1. The summed E-state index contributed by atoms with van der Waals surface area (Å²) in [5.41, 5.74) is 1.03. The van der Waals surface area contributed by atoms with Crippen LogP contribution in [0.5, 0.6) is 0 Å². The lowest BCUT2D eigenvalue weighted by Crippen LogP contribution is -2.45. The van der Waals surface area contributed by atoms with Crippen molar-refractivity contribution in [3.05, 3.63) is 35.9 Å². The van der Waals surface area contributed by atoms with Crippen LogP contribution in [0.25, 0.3) is 0 Å². The van der Waals surface area contributed by atoms with Gasteiger partial charge < -0.3 is 15.1 Å². The number of benzene rings is 1. The van der Waals surface area contributed by atoms with E-state index in [0.717, 1.165) is 18.5 Å². The molecule has 1 saturated heterocycles. The Balaban J connectivity index is 1.87. The lowest BCUT2D eigenvalue weighted by molar-refractivity contribution is -0.130. The van der Waals surface area contributed by atoms with Gasteiger partial charge in [-0.2, -0.15) is 0 Å². The highest BCUT2D eigenvalue weighted by atomic mass is 16.2. The van der Waals surface area contributed by atoms with Gasteiger partial charge in [0.05, 0.1) is 6.42 Å². The van der Waals surface area contributed by atoms with Crippen molar-refractivity contribution < 1.29 is 9.59 Å². The topological polar surface area (TPSA) is 52.7 Å². The highest BCUT2D eigenvalue weighted by Gasteiger charge is 2.22. The maximum Gasteiger partial charge on any atom is 0.317 e. The number of carbonyl (C=O) groups is 2. The minimum absolute atomic E-state index is 0.0349. The summed E-state index contributed by atoms with van der Waals surface area (Å²) in [5, 5.41) is 2.91. The van der Waals surface area contributed by atoms with Gasteiger partial charge in [0.2, 0.25) is 5.91 Å². The molecule has 1 heterocycles. The van der Waals surface area contributed by atoms with E-state index < -0.39 is 0 Å². The summed E-state index contributed by atoms with van der Waals surface area (Å²) < 4.78 is 0. The molecule has 5 nitrogen and oxygen atoms in total. The molecule has 0 saturated carbocycles. The average Bonchev–Trinajstić information content (AvgIpc) is 2.73. The van der Waals surface area contributed by atoms with Crippen molar-refractivity contribution in [2.24, 2.45) is 0 Å². The van der Waals surface area contributed by atoms with Crippen LogP contribution in [0.1, 0.15) is 25.8 Å². The number of nitrogens with one attached hydrogen (secondary N) is 1. The molecule has 0 spiro atoms. The quantitative estimate of drug-likeness (QED) is 0.927. The molecule has 1 fully saturated rings. The van der Waals surface area contributed by atoms with Crippen molar-refractivity contribution in [1.82, 2.24) is 15.1 Å². The van der Waals surface area contributed by atoms with Gasteiger partial charge in [-0.1, -0.05) is 30.3 Å². The summed E-state index contributed by atoms with van der Waals surface area (Å²) in [4.78, 5) is 28.1. The van der Waals surface area contributed by atoms with Gasteiger partial charge in [-0.05, 0) is 25.8 Å². The number of rotatable bonds is 3. The molecular formula is C17H25N3O2. The molecule has 1 aromatic carbocycles. The Bertz CT molecular complexity index is 502. The summed E-state index contributed by atoms with van der Waals surface area (Å²) in [6, 6.07) is 9.88. The number of nitrogens with zero attached hydrogens (tertiary/aromatic N) is 2. The van der Waals surface area contributed by atoms with E-state index in [1.807, 2.05) is 49.1 Å². The fourth-order valence-electron chi connectivity index (χ4n) is 2.59. The summed E-state index contributed by atoms with van der Waals surface area (Å²) in [6.45, 7) is 6.53. The minimum atomic E-state index is -0.0349. The second-order valence-corrected chi connectivity index (χ2v) is 5.99. The lowest BCUT2D eigenvalue weighted by Gasteiger charge is -2.23. The number of hydrogen-bond acceptors (Lipinski definition) is 2. The predicted molar refractivity (Wildman–Crippen MR) is 86.6 cm³/mol. The number of hydrogen-bond donors (Lipinski definition) is 1. The first kappa shape index (κ1) is 16.3. The largest absolute Gasteiger partial charge is 0.341 e. The van der Waals surface area contributed by atoms with Crippen molar-refractivity contribution in [3.63, 3.8) is 0 Å². The monoisotopic (exact) mass is 303 g/mol. The van der Waals surface area contributed by atoms with Crippen LogP contribution in [0.4, 0.5) is 4.79 Å². The Kier molecular flexibility index (Phi) is 5.81. The zero-order chi connectivity index (χ0) is 15.9. The van der Waals surface area contributed by atoms with Crippen LogP contribution in [0.15, 0.2) is 30.3 Å². The van der Waals surface area contributed by atoms with Crippen molar-refractivity contribution >= 4 is 11.9 Å². The zero-order valence-corrected chi connectivity index (χ0v) is 13.4. The summed E-state index contributed by atoms with van der Waals surface area (Å²) >= 11 is 0. The number of urea groups is 1. The summed E-state index contributed by atoms with van der Waals surface area (Å²) in [6.07, 6.45) is 1.26. The third kappa shape index (κ3) is 4.76. The predicted octanol–water partition coefficient (Wildman–Crippen LogP) is 1.88. The van der Waals surface area contributed by atoms with Crippen molar-refractivity contribution in [2.75, 3.05) is 26.2 Å². The van der Waals surface area contributed by atoms with E-state index in [1.165, 1.54) is 0 Å². The normalized spacial score (nSPS) is 15.6. The average molecular weight is 303 g/mol. The SMILES string of the molecule is CC(C)NC(=O)N1CCCN(C(=O)Cc2ccccc2)CC1. The fourth-order valence-corrected chi connectivity index (χ4v) is 2.59. The van der Waals surface area contributed by atoms with Gasteiger partial charge in [0.25, 0.3) is 0 Å². The molecule has 1 aromatic rings. The van der Waals surface area contributed by atoms with Gasteiger partial charge in [-0.15, -0.1) is 0 Å². The van der Waals surface area contributed by atoms with Crippen LogP contribution < -0.4 is 5.32 Å². The Labute approximate surface area is 132 Å². The van der Waals surface area contributed by atoms with E-state index in [1.54, 1.807) is 4.90 Å². The molecule has 2 rings (SSSR count). The molecule has 3 amide bonds. The van der Waals surface area contributed by atoms with E-state index in [0.29, 0.717) is 26.1 Å². The minimum Gasteiger partial charge on any atom is -0.341 e. The Morgan fingerprint density at radius 1 is 1.05 bits per heavy atom. The van der Waals surface area contributed by atoms with Crippen molar-refractivity contribution in [1.29, 1.82) is 0 Å². The van der Waals surface area contributed by atoms with Crippen LogP contribution in [0, 0.1) is 0 Å². The third-order valence-corrected chi connectivity index (χ3v) is 3.75. The van der Waals surface area contributed by atoms with Crippen LogP contribution >= 0.6 is 0 Å². The van der Waals surface area contributed by atoms with Crippen LogP contribution in [-0.4, -0.2) is 54.0 Å². The molecule has 1 aliphatic heterocycles. The Morgan fingerprint density at radius 3 is 2.36 bits per heavy atom. The summed E-state index contributed by atoms with van der Waals surface area (Å²) in [5.74, 6) is 0.136. The maximum atomic E-state index is 12.4. The molecule has 120 valence electrons. The van der Waals surface area contributed by atoms with Gasteiger partial charge in [0, 0.05) is 32.2 Å². The maximum absolute atomic E-state index is 12.4. The van der Waals surface area contributed by atoms with Crippen LogP contribution in [0.3, 0.4) is 0 Å². The second kappa shape index (κ2) is 7.82. The molecule has 0 aliphatic carbocycles. The zero-order valence-electron chi connectivity index (χ0n) is 13.4. The van der Waals surface area contributed by atoms with Crippen LogP contribution in [0.2, 0.25) is 0 Å². The van der Waals surface area contributed by atoms with E-state index in [4.69, 9.17) is 0 Å². The molecule has 5 heteroatoms. The smallest absolute Gasteiger partial charge is 0.317 e. The summed E-state index contributed by atoms with van der Waals surface area (Å²) in [7, 11) is 0. The van der Waals surface area contributed by atoms with E-state index >= 15 is 0 Å². The fraction of sp³-hybridized carbons (Fsp3) is 0.529. The first-order valence-corrected chi connectivity index (χ1v) is 7.93. The molecule has 0 unspecified atom stereocenters. The number of carbonyl (C=O) groups excluding carboxylic acids is 2. The van der Waals surface area contributed by atoms with Gasteiger partial charge in [-0.3, -0.25) is 4.79 Å². The van der Waals surface area contributed by atoms with Gasteiger partial charge in [0.15, 0.2) is 0 Å². The third-order valence-electron chi connectivity index (χ3n) is 3.75. The molecular weight excluding hydrogens is 278 g/mol. The molecule has 22 heavy (non-hydrogen) atoms. The molecule has 0 atom stereocenters. The van der Waals surface area contributed by atoms with Crippen molar-refractivity contribution in [2.45, 2.75) is 32.7 Å². The molecule has 0 radical (unpaired) electrons. The van der Waals surface area contributed by atoms with Gasteiger partial charge >= 0.3 is 6.03 Å². The second-order valence-electron chi connectivity index (χ2n) is 5.99. The van der Waals surface area contributed by atoms with Crippen molar-refractivity contribution in [3.8, 4) is 0 Å². The van der Waals surface area contributed by atoms with E-state index in [2.05, 4.69) is 5.32 Å². The Morgan fingerprint density at radius 2 is 1.68 bits per heavy atom. The standard InChI is InChI=1S/C17H25N3O2/c1-14(2)18-17(22)20-10-6-9-19(11-12-20)16(21)13-15-7-4-3-5-8-15/h3-5,7-8,14H,6,9-13H2,1-2H3,(H,18,22). The Hall–Kier alpha value is -2.04. The van der Waals surface area contributed by atoms with Gasteiger partial charge in [0.1, 0.15) is 0 Å². The van der Waals surface area contributed by atoms with E-state index in [-0.39, 0.29) is 18.0 Å². The first-order chi connectivity index (χ1) is 10.6. The number of amides is 3. The molecule has 0 bridgehead atoms. The van der Waals surface area contributed by atoms with Crippen LogP contribution in [-0.2, 0) is 11.2 Å². The highest BCUT2D eigenvalue weighted by molar-refractivity contribution is 5.79. The molecule has 0 aromatic heterocycles. The molecule has 1 N–H and O–H groups in total. The van der Waals surface area contributed by atoms with E-state index in [9.17, 15) is 9.59 Å². The highest BCUT2D eigenvalue weighted by Crippen LogP contribution is 2.08. The molecule has 1 aliphatic rings. The van der Waals surface area contributed by atoms with Gasteiger partial charge in [-0.25, -0.2) is 4.79 Å². The first-order valence-electron chi connectivity index (χ1n) is 7.93.